The zero-order valence-electron chi connectivity index (χ0n) is 15.6. The van der Waals surface area contributed by atoms with E-state index in [2.05, 4.69) is 20.6 Å². The summed E-state index contributed by atoms with van der Waals surface area (Å²) in [6.07, 6.45) is 2.34. The van der Waals surface area contributed by atoms with E-state index in [1.54, 1.807) is 31.2 Å². The van der Waals surface area contributed by atoms with Crippen molar-refractivity contribution in [1.29, 1.82) is 0 Å². The van der Waals surface area contributed by atoms with Crippen molar-refractivity contribution in [2.24, 2.45) is 5.73 Å². The van der Waals surface area contributed by atoms with E-state index in [-0.39, 0.29) is 27.9 Å². The first-order valence-electron chi connectivity index (χ1n) is 8.41. The number of hydrogen-bond donors (Lipinski definition) is 3. The lowest BCUT2D eigenvalue weighted by atomic mass is 10.2. The van der Waals surface area contributed by atoms with Crippen LogP contribution in [-0.4, -0.2) is 30.5 Å². The second-order valence-corrected chi connectivity index (χ2v) is 8.31. The molecule has 1 heterocycles. The number of hydrogen-bond acceptors (Lipinski definition) is 7. The van der Waals surface area contributed by atoms with Gasteiger partial charge >= 0.3 is 0 Å². The molecule has 1 amide bonds. The highest BCUT2D eigenvalue weighted by Crippen LogP contribution is 2.26. The van der Waals surface area contributed by atoms with Crippen LogP contribution in [0, 0.1) is 12.7 Å². The SMILES string of the molecule is Cc1cccc(F)c1Nc1nc(Nc2ccc(S(C)(=O)=O)cc2)ncc1C(N)=O. The molecule has 0 aliphatic carbocycles. The van der Waals surface area contributed by atoms with Crippen molar-refractivity contribution >= 4 is 38.9 Å². The standard InChI is InChI=1S/C19H18FN5O3S/c1-11-4-3-5-15(20)16(11)24-18-14(17(21)26)10-22-19(25-18)23-12-6-8-13(9-7-12)29(2,27)28/h3-10H,1-2H3,(H2,21,26)(H2,22,23,24,25). The maximum Gasteiger partial charge on any atom is 0.254 e. The number of para-hydroxylation sites is 1. The van der Waals surface area contributed by atoms with E-state index in [1.165, 1.54) is 24.4 Å². The molecule has 0 saturated carbocycles. The molecule has 0 spiro atoms. The number of carbonyl (C=O) groups is 1. The number of aromatic nitrogens is 2. The van der Waals surface area contributed by atoms with Gasteiger partial charge in [0.2, 0.25) is 5.95 Å². The molecule has 150 valence electrons. The van der Waals surface area contributed by atoms with Crippen LogP contribution in [0.25, 0.3) is 0 Å². The molecule has 8 nitrogen and oxygen atoms in total. The minimum absolute atomic E-state index is 0.00868. The van der Waals surface area contributed by atoms with Crippen LogP contribution in [0.4, 0.5) is 27.5 Å². The molecular weight excluding hydrogens is 397 g/mol. The second kappa shape index (κ2) is 7.84. The Kier molecular flexibility index (Phi) is 5.46. The summed E-state index contributed by atoms with van der Waals surface area (Å²) in [4.78, 5) is 20.1. The second-order valence-electron chi connectivity index (χ2n) is 6.30. The number of aryl methyl sites for hydroxylation is 1. The summed E-state index contributed by atoms with van der Waals surface area (Å²) < 4.78 is 37.3. The highest BCUT2D eigenvalue weighted by molar-refractivity contribution is 7.90. The van der Waals surface area contributed by atoms with Crippen molar-refractivity contribution in [2.75, 3.05) is 16.9 Å². The number of nitrogens with two attached hydrogens (primary N) is 1. The smallest absolute Gasteiger partial charge is 0.254 e. The van der Waals surface area contributed by atoms with E-state index in [0.29, 0.717) is 11.3 Å². The first kappa shape index (κ1) is 20.2. The molecule has 0 atom stereocenters. The molecule has 29 heavy (non-hydrogen) atoms. The molecule has 0 unspecified atom stereocenters. The number of nitrogens with one attached hydrogen (secondary N) is 2. The van der Waals surface area contributed by atoms with Gasteiger partial charge in [0.15, 0.2) is 9.84 Å². The normalized spacial score (nSPS) is 11.1. The molecule has 3 rings (SSSR count). The number of halogens is 1. The van der Waals surface area contributed by atoms with E-state index in [0.717, 1.165) is 6.26 Å². The Hall–Kier alpha value is -3.53. The highest BCUT2D eigenvalue weighted by atomic mass is 32.2. The number of rotatable bonds is 6. The van der Waals surface area contributed by atoms with Crippen LogP contribution < -0.4 is 16.4 Å². The number of sulfone groups is 1. The Labute approximate surface area is 166 Å². The number of primary amides is 1. The first-order chi connectivity index (χ1) is 13.6. The summed E-state index contributed by atoms with van der Waals surface area (Å²) in [7, 11) is -3.31. The summed E-state index contributed by atoms with van der Waals surface area (Å²) in [6.45, 7) is 1.71. The molecule has 1 aromatic heterocycles. The van der Waals surface area contributed by atoms with Crippen LogP contribution in [-0.2, 0) is 9.84 Å². The van der Waals surface area contributed by atoms with Gasteiger partial charge in [-0.3, -0.25) is 4.79 Å². The number of amides is 1. The van der Waals surface area contributed by atoms with Crippen molar-refractivity contribution in [3.8, 4) is 0 Å². The number of nitrogens with zero attached hydrogens (tertiary/aromatic N) is 2. The Balaban J connectivity index is 1.93. The molecule has 4 N–H and O–H groups in total. The van der Waals surface area contributed by atoms with E-state index < -0.39 is 21.6 Å². The molecular formula is C19H18FN5O3S. The Morgan fingerprint density at radius 3 is 2.38 bits per heavy atom. The van der Waals surface area contributed by atoms with E-state index in [4.69, 9.17) is 5.73 Å². The lowest BCUT2D eigenvalue weighted by Crippen LogP contribution is -2.16. The number of anilines is 4. The highest BCUT2D eigenvalue weighted by Gasteiger charge is 2.15. The fourth-order valence-electron chi connectivity index (χ4n) is 2.54. The summed E-state index contributed by atoms with van der Waals surface area (Å²) in [6, 6.07) is 10.5. The van der Waals surface area contributed by atoms with Gasteiger partial charge in [0.1, 0.15) is 17.2 Å². The van der Waals surface area contributed by atoms with Crippen molar-refractivity contribution in [1.82, 2.24) is 9.97 Å². The zero-order chi connectivity index (χ0) is 21.2. The van der Waals surface area contributed by atoms with E-state index in [9.17, 15) is 17.6 Å². The Bertz CT molecular complexity index is 1160. The molecule has 0 bridgehead atoms. The minimum Gasteiger partial charge on any atom is -0.365 e. The lowest BCUT2D eigenvalue weighted by molar-refractivity contribution is 0.100. The van der Waals surface area contributed by atoms with Gasteiger partial charge < -0.3 is 16.4 Å². The minimum atomic E-state index is -3.31. The van der Waals surface area contributed by atoms with Gasteiger partial charge in [-0.2, -0.15) is 4.98 Å². The summed E-state index contributed by atoms with van der Waals surface area (Å²) in [5.41, 5.74) is 6.67. The summed E-state index contributed by atoms with van der Waals surface area (Å²) >= 11 is 0. The van der Waals surface area contributed by atoms with Gasteiger partial charge in [0.05, 0.1) is 10.6 Å². The van der Waals surface area contributed by atoms with Crippen LogP contribution >= 0.6 is 0 Å². The van der Waals surface area contributed by atoms with Gasteiger partial charge in [-0.1, -0.05) is 12.1 Å². The molecule has 0 aliphatic rings. The Morgan fingerprint density at radius 1 is 1.10 bits per heavy atom. The summed E-state index contributed by atoms with van der Waals surface area (Å²) in [5.74, 6) is -1.13. The predicted molar refractivity (Wildman–Crippen MR) is 108 cm³/mol. The Morgan fingerprint density at radius 2 is 1.79 bits per heavy atom. The van der Waals surface area contributed by atoms with E-state index >= 15 is 0 Å². The van der Waals surface area contributed by atoms with E-state index in [1.807, 2.05) is 0 Å². The van der Waals surface area contributed by atoms with Gasteiger partial charge in [0.25, 0.3) is 5.91 Å². The third-order valence-corrected chi connectivity index (χ3v) is 5.19. The molecule has 3 aromatic rings. The number of benzene rings is 2. The van der Waals surface area contributed by atoms with Crippen molar-refractivity contribution in [2.45, 2.75) is 11.8 Å². The van der Waals surface area contributed by atoms with Crippen molar-refractivity contribution < 1.29 is 17.6 Å². The van der Waals surface area contributed by atoms with Gasteiger partial charge in [-0.15, -0.1) is 0 Å². The molecule has 0 aliphatic heterocycles. The van der Waals surface area contributed by atoms with Gasteiger partial charge in [0, 0.05) is 18.1 Å². The van der Waals surface area contributed by atoms with Crippen LogP contribution in [0.1, 0.15) is 15.9 Å². The molecule has 0 radical (unpaired) electrons. The third kappa shape index (κ3) is 4.66. The fraction of sp³-hybridized carbons (Fsp3) is 0.105. The van der Waals surface area contributed by atoms with Crippen LogP contribution in [0.15, 0.2) is 53.6 Å². The quantitative estimate of drug-likeness (QED) is 0.565. The maximum absolute atomic E-state index is 14.2. The monoisotopic (exact) mass is 415 g/mol. The first-order valence-corrected chi connectivity index (χ1v) is 10.3. The zero-order valence-corrected chi connectivity index (χ0v) is 16.4. The van der Waals surface area contributed by atoms with Crippen molar-refractivity contribution in [3.63, 3.8) is 0 Å². The van der Waals surface area contributed by atoms with Crippen molar-refractivity contribution in [3.05, 3.63) is 65.6 Å². The molecule has 10 heteroatoms. The van der Waals surface area contributed by atoms with Crippen LogP contribution in [0.3, 0.4) is 0 Å². The topological polar surface area (TPSA) is 127 Å². The third-order valence-electron chi connectivity index (χ3n) is 4.06. The summed E-state index contributed by atoms with van der Waals surface area (Å²) in [5, 5.41) is 5.70. The average molecular weight is 415 g/mol. The maximum atomic E-state index is 14.2. The lowest BCUT2D eigenvalue weighted by Gasteiger charge is -2.13. The molecule has 0 saturated heterocycles. The van der Waals surface area contributed by atoms with Crippen LogP contribution in [0.5, 0.6) is 0 Å². The molecule has 0 fully saturated rings. The van der Waals surface area contributed by atoms with Crippen LogP contribution in [0.2, 0.25) is 0 Å². The number of carbonyl (C=O) groups excluding carboxylic acids is 1. The average Bonchev–Trinajstić information content (AvgIpc) is 2.64. The predicted octanol–water partition coefficient (Wildman–Crippen LogP) is 2.91. The van der Waals surface area contributed by atoms with Gasteiger partial charge in [-0.05, 0) is 42.8 Å². The largest absolute Gasteiger partial charge is 0.365 e. The molecule has 2 aromatic carbocycles. The van der Waals surface area contributed by atoms with Gasteiger partial charge in [-0.25, -0.2) is 17.8 Å². The fourth-order valence-corrected chi connectivity index (χ4v) is 3.17.